The second-order valence-electron chi connectivity index (χ2n) is 7.64. The van der Waals surface area contributed by atoms with Crippen molar-refractivity contribution in [1.29, 1.82) is 0 Å². The summed E-state index contributed by atoms with van der Waals surface area (Å²) in [6.45, 7) is 3.68. The van der Waals surface area contributed by atoms with Crippen LogP contribution in [0.4, 0.5) is 17.1 Å². The standard InChI is InChI=1S/C24H23N3O3/c1-16-12-13-18(15-23(16)27(29)30)24(28)26-17(2)14-21(20-10-6-7-11-22(20)26)25-19-8-4-3-5-9-19/h3-13,15,17,21,25H,14H2,1-2H3/t17-,21-/m1/s1. The van der Waals surface area contributed by atoms with Crippen molar-refractivity contribution in [3.8, 4) is 0 Å². The number of carbonyl (C=O) groups is 1. The van der Waals surface area contributed by atoms with E-state index in [2.05, 4.69) is 5.32 Å². The minimum absolute atomic E-state index is 0.0394. The van der Waals surface area contributed by atoms with E-state index in [1.54, 1.807) is 24.0 Å². The van der Waals surface area contributed by atoms with Crippen LogP contribution in [0.1, 0.15) is 40.9 Å². The summed E-state index contributed by atoms with van der Waals surface area (Å²) in [5.41, 5.74) is 3.72. The Kier molecular flexibility index (Phi) is 5.23. The third-order valence-corrected chi connectivity index (χ3v) is 5.58. The Balaban J connectivity index is 1.70. The van der Waals surface area contributed by atoms with Gasteiger partial charge in [0.15, 0.2) is 0 Å². The molecule has 0 fully saturated rings. The maximum Gasteiger partial charge on any atom is 0.273 e. The van der Waals surface area contributed by atoms with Gasteiger partial charge in [-0.05, 0) is 50.1 Å². The Morgan fingerprint density at radius 1 is 1.07 bits per heavy atom. The summed E-state index contributed by atoms with van der Waals surface area (Å²) >= 11 is 0. The first-order chi connectivity index (χ1) is 14.5. The molecule has 6 nitrogen and oxygen atoms in total. The van der Waals surface area contributed by atoms with Crippen LogP contribution in [0.5, 0.6) is 0 Å². The Bertz CT molecular complexity index is 1100. The molecule has 2 atom stereocenters. The molecular formula is C24H23N3O3. The third-order valence-electron chi connectivity index (χ3n) is 5.58. The lowest BCUT2D eigenvalue weighted by Gasteiger charge is -2.40. The molecule has 3 aromatic rings. The number of carbonyl (C=O) groups excluding carboxylic acids is 1. The molecule has 0 saturated carbocycles. The fourth-order valence-corrected chi connectivity index (χ4v) is 4.07. The first kappa shape index (κ1) is 19.6. The molecule has 0 radical (unpaired) electrons. The molecule has 0 spiro atoms. The third kappa shape index (κ3) is 3.64. The van der Waals surface area contributed by atoms with Crippen LogP contribution in [0.15, 0.2) is 72.8 Å². The Labute approximate surface area is 175 Å². The number of hydrogen-bond donors (Lipinski definition) is 1. The van der Waals surface area contributed by atoms with Gasteiger partial charge < -0.3 is 10.2 Å². The zero-order valence-corrected chi connectivity index (χ0v) is 16.9. The van der Waals surface area contributed by atoms with Gasteiger partial charge in [-0.2, -0.15) is 0 Å². The molecule has 0 bridgehead atoms. The predicted octanol–water partition coefficient (Wildman–Crippen LogP) is 5.50. The highest BCUT2D eigenvalue weighted by Gasteiger charge is 2.34. The van der Waals surface area contributed by atoms with Gasteiger partial charge in [0.2, 0.25) is 0 Å². The van der Waals surface area contributed by atoms with Crippen molar-refractivity contribution in [2.45, 2.75) is 32.4 Å². The number of rotatable bonds is 4. The molecule has 1 N–H and O–H groups in total. The number of nitrogens with one attached hydrogen (secondary N) is 1. The van der Waals surface area contributed by atoms with E-state index in [1.165, 1.54) is 6.07 Å². The number of aryl methyl sites for hydroxylation is 1. The van der Waals surface area contributed by atoms with Crippen LogP contribution >= 0.6 is 0 Å². The maximum absolute atomic E-state index is 13.4. The fourth-order valence-electron chi connectivity index (χ4n) is 4.07. The van der Waals surface area contributed by atoms with Gasteiger partial charge in [0.1, 0.15) is 0 Å². The first-order valence-electron chi connectivity index (χ1n) is 9.95. The summed E-state index contributed by atoms with van der Waals surface area (Å²) < 4.78 is 0. The van der Waals surface area contributed by atoms with Crippen molar-refractivity contribution in [2.75, 3.05) is 10.2 Å². The topological polar surface area (TPSA) is 75.5 Å². The number of fused-ring (bicyclic) bond motifs is 1. The van der Waals surface area contributed by atoms with E-state index >= 15 is 0 Å². The lowest BCUT2D eigenvalue weighted by Crippen LogP contribution is -2.44. The number of para-hydroxylation sites is 2. The second-order valence-corrected chi connectivity index (χ2v) is 7.64. The van der Waals surface area contributed by atoms with E-state index in [0.29, 0.717) is 11.1 Å². The van der Waals surface area contributed by atoms with Crippen molar-refractivity contribution in [3.63, 3.8) is 0 Å². The van der Waals surface area contributed by atoms with Gasteiger partial charge in [-0.25, -0.2) is 0 Å². The lowest BCUT2D eigenvalue weighted by atomic mass is 9.90. The SMILES string of the molecule is Cc1ccc(C(=O)N2c3ccccc3[C@H](Nc3ccccc3)C[C@H]2C)cc1[N+](=O)[O-]. The average molecular weight is 401 g/mol. The number of hydrogen-bond acceptors (Lipinski definition) is 4. The van der Waals surface area contributed by atoms with Crippen molar-refractivity contribution >= 4 is 23.0 Å². The fraction of sp³-hybridized carbons (Fsp3) is 0.208. The molecule has 1 amide bonds. The summed E-state index contributed by atoms with van der Waals surface area (Å²) in [7, 11) is 0. The van der Waals surface area contributed by atoms with E-state index in [-0.39, 0.29) is 23.7 Å². The molecule has 1 heterocycles. The summed E-state index contributed by atoms with van der Waals surface area (Å²) in [5, 5.41) is 14.9. The lowest BCUT2D eigenvalue weighted by molar-refractivity contribution is -0.385. The Morgan fingerprint density at radius 3 is 2.50 bits per heavy atom. The van der Waals surface area contributed by atoms with Gasteiger partial charge in [-0.3, -0.25) is 14.9 Å². The molecule has 1 aliphatic rings. The Hall–Kier alpha value is -3.67. The smallest absolute Gasteiger partial charge is 0.273 e. The molecular weight excluding hydrogens is 378 g/mol. The van der Waals surface area contributed by atoms with Gasteiger partial charge in [0.25, 0.3) is 11.6 Å². The molecule has 152 valence electrons. The summed E-state index contributed by atoms with van der Waals surface area (Å²) in [6, 6.07) is 22.5. The largest absolute Gasteiger partial charge is 0.378 e. The molecule has 4 rings (SSSR count). The minimum Gasteiger partial charge on any atom is -0.378 e. The van der Waals surface area contributed by atoms with Gasteiger partial charge in [-0.15, -0.1) is 0 Å². The minimum atomic E-state index is -0.445. The maximum atomic E-state index is 13.4. The van der Waals surface area contributed by atoms with E-state index in [4.69, 9.17) is 0 Å². The molecule has 0 aromatic heterocycles. The summed E-state index contributed by atoms with van der Waals surface area (Å²) in [4.78, 5) is 26.0. The predicted molar refractivity (Wildman–Crippen MR) is 118 cm³/mol. The zero-order valence-electron chi connectivity index (χ0n) is 16.9. The van der Waals surface area contributed by atoms with E-state index in [1.807, 2.05) is 61.5 Å². The number of nitro benzene ring substituents is 1. The van der Waals surface area contributed by atoms with Crippen LogP contribution in [0.3, 0.4) is 0 Å². The Morgan fingerprint density at radius 2 is 1.77 bits per heavy atom. The molecule has 6 heteroatoms. The highest BCUT2D eigenvalue weighted by atomic mass is 16.6. The number of amides is 1. The quantitative estimate of drug-likeness (QED) is 0.463. The number of nitrogens with zero attached hydrogens (tertiary/aromatic N) is 2. The van der Waals surface area contributed by atoms with Crippen LogP contribution in [0, 0.1) is 17.0 Å². The molecule has 0 unspecified atom stereocenters. The van der Waals surface area contributed by atoms with Gasteiger partial charge in [0.05, 0.1) is 11.0 Å². The van der Waals surface area contributed by atoms with Crippen LogP contribution in [-0.4, -0.2) is 16.9 Å². The molecule has 3 aromatic carbocycles. The van der Waals surface area contributed by atoms with Crippen LogP contribution < -0.4 is 10.2 Å². The zero-order chi connectivity index (χ0) is 21.3. The van der Waals surface area contributed by atoms with Crippen LogP contribution in [0.2, 0.25) is 0 Å². The van der Waals surface area contributed by atoms with Crippen molar-refractivity contribution in [1.82, 2.24) is 0 Å². The van der Waals surface area contributed by atoms with Crippen molar-refractivity contribution in [2.24, 2.45) is 0 Å². The first-order valence-corrected chi connectivity index (χ1v) is 9.95. The average Bonchev–Trinajstić information content (AvgIpc) is 2.74. The molecule has 1 aliphatic heterocycles. The molecule has 0 aliphatic carbocycles. The highest BCUT2D eigenvalue weighted by molar-refractivity contribution is 6.07. The van der Waals surface area contributed by atoms with Crippen molar-refractivity contribution in [3.05, 3.63) is 99.6 Å². The number of benzene rings is 3. The van der Waals surface area contributed by atoms with E-state index < -0.39 is 4.92 Å². The van der Waals surface area contributed by atoms with E-state index in [0.717, 1.165) is 23.4 Å². The number of anilines is 2. The normalized spacial score (nSPS) is 17.9. The second kappa shape index (κ2) is 7.99. The summed E-state index contributed by atoms with van der Waals surface area (Å²) in [6.07, 6.45) is 0.728. The van der Waals surface area contributed by atoms with E-state index in [9.17, 15) is 14.9 Å². The van der Waals surface area contributed by atoms with Gasteiger partial charge in [-0.1, -0.05) is 42.5 Å². The van der Waals surface area contributed by atoms with Gasteiger partial charge in [0, 0.05) is 34.6 Å². The molecule has 0 saturated heterocycles. The monoisotopic (exact) mass is 401 g/mol. The molecule has 30 heavy (non-hydrogen) atoms. The van der Waals surface area contributed by atoms with Crippen LogP contribution in [-0.2, 0) is 0 Å². The highest BCUT2D eigenvalue weighted by Crippen LogP contribution is 2.39. The summed E-state index contributed by atoms with van der Waals surface area (Å²) in [5.74, 6) is -0.226. The van der Waals surface area contributed by atoms with Crippen LogP contribution in [0.25, 0.3) is 0 Å². The van der Waals surface area contributed by atoms with Crippen molar-refractivity contribution < 1.29 is 9.72 Å². The number of nitro groups is 1. The van der Waals surface area contributed by atoms with Gasteiger partial charge >= 0.3 is 0 Å².